The number of para-hydroxylation sites is 1. The number of nitrogens with zero attached hydrogens (tertiary/aromatic N) is 1. The molecule has 3 rings (SSSR count). The predicted octanol–water partition coefficient (Wildman–Crippen LogP) is 2.58. The standard InChI is InChI=1S/C16H24N2O/c1-12(2)17-13-6-5-9-18(10-13)15-11-19-16-8-4-3-7-14(15)16/h3-4,7-8,12-13,15,17H,5-6,9-11H2,1-2H3. The number of nitrogens with one attached hydrogen (secondary N) is 1. The zero-order chi connectivity index (χ0) is 13.2. The normalized spacial score (nSPS) is 27.3. The van der Waals surface area contributed by atoms with E-state index < -0.39 is 0 Å². The molecule has 1 aromatic rings. The van der Waals surface area contributed by atoms with Gasteiger partial charge in [0.25, 0.3) is 0 Å². The van der Waals surface area contributed by atoms with Crippen LogP contribution in [0.15, 0.2) is 24.3 Å². The number of piperidine rings is 1. The summed E-state index contributed by atoms with van der Waals surface area (Å²) in [5, 5.41) is 3.68. The predicted molar refractivity (Wildman–Crippen MR) is 77.5 cm³/mol. The molecule has 2 heterocycles. The Hall–Kier alpha value is -1.06. The fourth-order valence-electron chi connectivity index (χ4n) is 3.34. The molecule has 19 heavy (non-hydrogen) atoms. The maximum absolute atomic E-state index is 5.82. The van der Waals surface area contributed by atoms with Crippen molar-refractivity contribution in [3.05, 3.63) is 29.8 Å². The third kappa shape index (κ3) is 2.77. The van der Waals surface area contributed by atoms with E-state index in [1.807, 2.05) is 0 Å². The van der Waals surface area contributed by atoms with Gasteiger partial charge in [-0.15, -0.1) is 0 Å². The summed E-state index contributed by atoms with van der Waals surface area (Å²) in [5.41, 5.74) is 1.37. The highest BCUT2D eigenvalue weighted by Crippen LogP contribution is 2.36. The van der Waals surface area contributed by atoms with E-state index in [1.54, 1.807) is 0 Å². The van der Waals surface area contributed by atoms with Crippen molar-refractivity contribution in [2.75, 3.05) is 19.7 Å². The van der Waals surface area contributed by atoms with Gasteiger partial charge in [-0.1, -0.05) is 32.0 Å². The maximum atomic E-state index is 5.82. The van der Waals surface area contributed by atoms with Crippen LogP contribution in [0.2, 0.25) is 0 Å². The van der Waals surface area contributed by atoms with E-state index in [0.717, 1.165) is 18.9 Å². The van der Waals surface area contributed by atoms with Gasteiger partial charge in [0, 0.05) is 24.2 Å². The lowest BCUT2D eigenvalue weighted by molar-refractivity contribution is 0.115. The van der Waals surface area contributed by atoms with Gasteiger partial charge in [-0.05, 0) is 25.5 Å². The van der Waals surface area contributed by atoms with Gasteiger partial charge in [0.1, 0.15) is 12.4 Å². The number of likely N-dealkylation sites (tertiary alicyclic amines) is 1. The Morgan fingerprint density at radius 3 is 3.00 bits per heavy atom. The molecule has 2 atom stereocenters. The van der Waals surface area contributed by atoms with E-state index in [9.17, 15) is 0 Å². The van der Waals surface area contributed by atoms with Crippen LogP contribution in [0, 0.1) is 0 Å². The van der Waals surface area contributed by atoms with Crippen LogP contribution in [-0.2, 0) is 0 Å². The summed E-state index contributed by atoms with van der Waals surface area (Å²) in [6.45, 7) is 7.60. The molecule has 0 aliphatic carbocycles. The smallest absolute Gasteiger partial charge is 0.124 e. The van der Waals surface area contributed by atoms with Gasteiger partial charge in [-0.25, -0.2) is 0 Å². The van der Waals surface area contributed by atoms with Gasteiger partial charge < -0.3 is 10.1 Å². The molecular formula is C16H24N2O. The first kappa shape index (κ1) is 12.9. The van der Waals surface area contributed by atoms with Crippen LogP contribution in [0.3, 0.4) is 0 Å². The summed E-state index contributed by atoms with van der Waals surface area (Å²) >= 11 is 0. The Kier molecular flexibility index (Phi) is 3.76. The van der Waals surface area contributed by atoms with Crippen LogP contribution in [0.5, 0.6) is 5.75 Å². The first-order chi connectivity index (χ1) is 9.24. The molecule has 3 nitrogen and oxygen atoms in total. The van der Waals surface area contributed by atoms with Gasteiger partial charge in [0.15, 0.2) is 0 Å². The first-order valence-corrected chi connectivity index (χ1v) is 7.46. The Balaban J connectivity index is 1.70. The average Bonchev–Trinajstić information content (AvgIpc) is 2.82. The Labute approximate surface area is 115 Å². The lowest BCUT2D eigenvalue weighted by Crippen LogP contribution is -2.49. The second kappa shape index (κ2) is 5.51. The summed E-state index contributed by atoms with van der Waals surface area (Å²) in [7, 11) is 0. The molecule has 1 aromatic carbocycles. The molecule has 2 unspecified atom stereocenters. The number of fused-ring (bicyclic) bond motifs is 1. The molecule has 104 valence electrons. The quantitative estimate of drug-likeness (QED) is 0.904. The van der Waals surface area contributed by atoms with Crippen LogP contribution in [0.4, 0.5) is 0 Å². The van der Waals surface area contributed by atoms with Crippen molar-refractivity contribution >= 4 is 0 Å². The zero-order valence-electron chi connectivity index (χ0n) is 11.9. The van der Waals surface area contributed by atoms with Crippen molar-refractivity contribution < 1.29 is 4.74 Å². The van der Waals surface area contributed by atoms with Crippen molar-refractivity contribution in [2.24, 2.45) is 0 Å². The molecule has 1 N–H and O–H groups in total. The Morgan fingerprint density at radius 1 is 1.32 bits per heavy atom. The molecule has 0 spiro atoms. The summed E-state index contributed by atoms with van der Waals surface area (Å²) in [4.78, 5) is 2.59. The van der Waals surface area contributed by atoms with E-state index in [2.05, 4.69) is 48.3 Å². The fourth-order valence-corrected chi connectivity index (χ4v) is 3.34. The molecule has 2 aliphatic rings. The lowest BCUT2D eigenvalue weighted by atomic mass is 10.00. The van der Waals surface area contributed by atoms with Crippen LogP contribution < -0.4 is 10.1 Å². The van der Waals surface area contributed by atoms with Crippen LogP contribution in [0.25, 0.3) is 0 Å². The molecule has 1 fully saturated rings. The third-order valence-electron chi connectivity index (χ3n) is 4.14. The topological polar surface area (TPSA) is 24.5 Å². The minimum Gasteiger partial charge on any atom is -0.491 e. The first-order valence-electron chi connectivity index (χ1n) is 7.46. The molecule has 0 amide bonds. The monoisotopic (exact) mass is 260 g/mol. The van der Waals surface area contributed by atoms with Crippen LogP contribution in [-0.4, -0.2) is 36.7 Å². The van der Waals surface area contributed by atoms with E-state index in [1.165, 1.54) is 24.9 Å². The molecule has 0 aromatic heterocycles. The second-order valence-corrected chi connectivity index (χ2v) is 6.02. The minimum absolute atomic E-state index is 0.452. The minimum atomic E-state index is 0.452. The SMILES string of the molecule is CC(C)NC1CCCN(C2COc3ccccc32)C1. The fraction of sp³-hybridized carbons (Fsp3) is 0.625. The van der Waals surface area contributed by atoms with Gasteiger partial charge in [-0.2, -0.15) is 0 Å². The van der Waals surface area contributed by atoms with Gasteiger partial charge in [0.05, 0.1) is 6.04 Å². The van der Waals surface area contributed by atoms with Crippen molar-refractivity contribution in [1.82, 2.24) is 10.2 Å². The molecular weight excluding hydrogens is 236 g/mol. The number of ether oxygens (including phenoxy) is 1. The Bertz CT molecular complexity index is 433. The maximum Gasteiger partial charge on any atom is 0.124 e. The third-order valence-corrected chi connectivity index (χ3v) is 4.14. The van der Waals surface area contributed by atoms with Gasteiger partial charge in [0.2, 0.25) is 0 Å². The van der Waals surface area contributed by atoms with Gasteiger partial charge in [-0.3, -0.25) is 4.90 Å². The van der Waals surface area contributed by atoms with Crippen molar-refractivity contribution in [3.8, 4) is 5.75 Å². The highest BCUT2D eigenvalue weighted by atomic mass is 16.5. The second-order valence-electron chi connectivity index (χ2n) is 6.02. The van der Waals surface area contributed by atoms with Crippen LogP contribution in [0.1, 0.15) is 38.3 Å². The molecule has 2 aliphatic heterocycles. The summed E-state index contributed by atoms with van der Waals surface area (Å²) in [5.74, 6) is 1.08. The Morgan fingerprint density at radius 2 is 2.16 bits per heavy atom. The van der Waals surface area contributed by atoms with Gasteiger partial charge >= 0.3 is 0 Å². The number of hydrogen-bond donors (Lipinski definition) is 1. The highest BCUT2D eigenvalue weighted by Gasteiger charge is 2.32. The summed E-state index contributed by atoms with van der Waals surface area (Å²) in [6.07, 6.45) is 2.58. The van der Waals surface area contributed by atoms with Crippen molar-refractivity contribution in [2.45, 2.75) is 44.8 Å². The number of hydrogen-bond acceptors (Lipinski definition) is 3. The molecule has 0 saturated carbocycles. The molecule has 1 saturated heterocycles. The largest absolute Gasteiger partial charge is 0.491 e. The summed E-state index contributed by atoms with van der Waals surface area (Å²) in [6, 6.07) is 10.1. The molecule has 0 bridgehead atoms. The van der Waals surface area contributed by atoms with E-state index in [-0.39, 0.29) is 0 Å². The number of rotatable bonds is 3. The highest BCUT2D eigenvalue weighted by molar-refractivity contribution is 5.39. The molecule has 0 radical (unpaired) electrons. The molecule has 3 heteroatoms. The average molecular weight is 260 g/mol. The van der Waals surface area contributed by atoms with E-state index in [4.69, 9.17) is 4.74 Å². The van der Waals surface area contributed by atoms with Crippen molar-refractivity contribution in [3.63, 3.8) is 0 Å². The van der Waals surface area contributed by atoms with Crippen molar-refractivity contribution in [1.29, 1.82) is 0 Å². The zero-order valence-corrected chi connectivity index (χ0v) is 11.9. The summed E-state index contributed by atoms with van der Waals surface area (Å²) < 4.78 is 5.82. The lowest BCUT2D eigenvalue weighted by Gasteiger charge is -2.37. The van der Waals surface area contributed by atoms with E-state index in [0.29, 0.717) is 18.1 Å². The van der Waals surface area contributed by atoms with E-state index >= 15 is 0 Å². The number of benzene rings is 1. The van der Waals surface area contributed by atoms with Crippen LogP contribution >= 0.6 is 0 Å².